The highest BCUT2D eigenvalue weighted by Gasteiger charge is 2.26. The molecule has 7 rings (SSSR count). The van der Waals surface area contributed by atoms with E-state index >= 15 is 0 Å². The molecule has 0 aliphatic heterocycles. The van der Waals surface area contributed by atoms with Gasteiger partial charge in [-0.05, 0) is 130 Å². The van der Waals surface area contributed by atoms with Crippen molar-refractivity contribution in [1.29, 1.82) is 5.26 Å². The predicted octanol–water partition coefficient (Wildman–Crippen LogP) is 14.6. The summed E-state index contributed by atoms with van der Waals surface area (Å²) in [4.78, 5) is 4.11. The van der Waals surface area contributed by atoms with Crippen molar-refractivity contribution in [2.45, 2.75) is 112 Å². The SMILES string of the molecule is C=N/C=C\C(=C/C)c1cc(-n2c3ccc(C(C)(C)C)cc3c3cc(C(C)(C)C)ccc32)c(C#N)cc1-n1c2ccc(C(C)(C)C)cc2c2cc(C(C)(C)C)ccc21. The van der Waals surface area contributed by atoms with Crippen LogP contribution in [0.5, 0.6) is 0 Å². The van der Waals surface area contributed by atoms with Gasteiger partial charge in [-0.2, -0.15) is 5.26 Å². The lowest BCUT2D eigenvalue weighted by Gasteiger charge is -2.21. The molecule has 2 heterocycles. The van der Waals surface area contributed by atoms with Crippen LogP contribution in [0.1, 0.15) is 123 Å². The average Bonchev–Trinajstić information content (AvgIpc) is 3.64. The van der Waals surface area contributed by atoms with E-state index < -0.39 is 0 Å². The molecule has 0 aliphatic carbocycles. The van der Waals surface area contributed by atoms with Gasteiger partial charge in [-0.3, -0.25) is 4.99 Å². The Hall–Kier alpha value is -5.66. The highest BCUT2D eigenvalue weighted by molar-refractivity contribution is 6.12. The van der Waals surface area contributed by atoms with Crippen molar-refractivity contribution >= 4 is 55.9 Å². The van der Waals surface area contributed by atoms with Crippen molar-refractivity contribution in [2.24, 2.45) is 4.99 Å². The van der Waals surface area contributed by atoms with Gasteiger partial charge in [-0.1, -0.05) is 113 Å². The fourth-order valence-corrected chi connectivity index (χ4v) is 8.17. The summed E-state index contributed by atoms with van der Waals surface area (Å²) >= 11 is 0. The Morgan fingerprint density at radius 2 is 0.895 bits per heavy atom. The molecule has 0 radical (unpaired) electrons. The Bertz CT molecular complexity index is 2710. The molecule has 0 atom stereocenters. The molecule has 0 saturated heterocycles. The van der Waals surface area contributed by atoms with E-state index in [9.17, 15) is 5.26 Å². The third-order valence-electron chi connectivity index (χ3n) is 11.7. The van der Waals surface area contributed by atoms with Gasteiger partial charge in [-0.25, -0.2) is 0 Å². The molecule has 0 spiro atoms. The second-order valence-corrected chi connectivity index (χ2v) is 19.8. The average molecular weight is 751 g/mol. The molecule has 0 saturated carbocycles. The first kappa shape index (κ1) is 39.6. The maximum absolute atomic E-state index is 11.2. The first-order valence-electron chi connectivity index (χ1n) is 20.2. The van der Waals surface area contributed by atoms with Crippen molar-refractivity contribution in [3.8, 4) is 17.4 Å². The van der Waals surface area contributed by atoms with Crippen LogP contribution in [0.15, 0.2) is 108 Å². The smallest absolute Gasteiger partial charge is 0.101 e. The molecule has 4 nitrogen and oxygen atoms in total. The van der Waals surface area contributed by atoms with Gasteiger partial charge in [0.05, 0.1) is 39.0 Å². The van der Waals surface area contributed by atoms with Crippen LogP contribution in [0, 0.1) is 11.3 Å². The minimum Gasteiger partial charge on any atom is -0.309 e. The monoisotopic (exact) mass is 750 g/mol. The van der Waals surface area contributed by atoms with E-state index in [0.717, 1.165) is 44.6 Å². The van der Waals surface area contributed by atoms with Crippen LogP contribution in [-0.2, 0) is 21.7 Å². The van der Waals surface area contributed by atoms with E-state index in [2.05, 4.69) is 208 Å². The summed E-state index contributed by atoms with van der Waals surface area (Å²) in [6.45, 7) is 33.0. The minimum atomic E-state index is -0.0210. The van der Waals surface area contributed by atoms with Crippen LogP contribution in [0.25, 0.3) is 60.6 Å². The van der Waals surface area contributed by atoms with Crippen molar-refractivity contribution in [1.82, 2.24) is 9.13 Å². The first-order chi connectivity index (χ1) is 26.7. The highest BCUT2D eigenvalue weighted by Crippen LogP contribution is 2.43. The van der Waals surface area contributed by atoms with Crippen LogP contribution in [0.4, 0.5) is 0 Å². The summed E-state index contributed by atoms with van der Waals surface area (Å²) in [5, 5.41) is 15.9. The molecule has 7 aromatic rings. The van der Waals surface area contributed by atoms with Gasteiger partial charge in [0.25, 0.3) is 0 Å². The second kappa shape index (κ2) is 13.8. The van der Waals surface area contributed by atoms with Crippen molar-refractivity contribution < 1.29 is 0 Å². The van der Waals surface area contributed by atoms with Crippen LogP contribution in [0.3, 0.4) is 0 Å². The summed E-state index contributed by atoms with van der Waals surface area (Å²) in [6.07, 6.45) is 5.88. The highest BCUT2D eigenvalue weighted by atomic mass is 15.0. The molecule has 290 valence electrons. The number of allylic oxidation sites excluding steroid dienone is 3. The summed E-state index contributed by atoms with van der Waals surface area (Å²) in [5.41, 5.74) is 13.8. The second-order valence-electron chi connectivity index (χ2n) is 19.8. The van der Waals surface area contributed by atoms with Crippen molar-refractivity contribution in [3.05, 3.63) is 137 Å². The van der Waals surface area contributed by atoms with E-state index in [4.69, 9.17) is 0 Å². The largest absolute Gasteiger partial charge is 0.309 e. The zero-order valence-electron chi connectivity index (χ0n) is 36.3. The van der Waals surface area contributed by atoms with Gasteiger partial charge in [0.15, 0.2) is 0 Å². The van der Waals surface area contributed by atoms with Crippen LogP contribution < -0.4 is 0 Å². The van der Waals surface area contributed by atoms with Gasteiger partial charge in [0.1, 0.15) is 6.07 Å². The van der Waals surface area contributed by atoms with E-state index in [1.165, 1.54) is 43.8 Å². The lowest BCUT2D eigenvalue weighted by atomic mass is 9.85. The summed E-state index contributed by atoms with van der Waals surface area (Å²) in [7, 11) is 0. The Labute approximate surface area is 339 Å². The predicted molar refractivity (Wildman–Crippen MR) is 247 cm³/mol. The lowest BCUT2D eigenvalue weighted by molar-refractivity contribution is 0.590. The fourth-order valence-electron chi connectivity index (χ4n) is 8.17. The number of fused-ring (bicyclic) bond motifs is 6. The van der Waals surface area contributed by atoms with Crippen LogP contribution in [-0.4, -0.2) is 15.9 Å². The Morgan fingerprint density at radius 3 is 1.19 bits per heavy atom. The number of hydrogen-bond acceptors (Lipinski definition) is 2. The van der Waals surface area contributed by atoms with E-state index in [1.54, 1.807) is 6.20 Å². The van der Waals surface area contributed by atoms with E-state index in [0.29, 0.717) is 5.56 Å². The molecule has 0 amide bonds. The van der Waals surface area contributed by atoms with E-state index in [1.807, 2.05) is 6.08 Å². The van der Waals surface area contributed by atoms with Crippen molar-refractivity contribution in [3.63, 3.8) is 0 Å². The number of nitriles is 1. The quantitative estimate of drug-likeness (QED) is 0.128. The van der Waals surface area contributed by atoms with Crippen molar-refractivity contribution in [2.75, 3.05) is 0 Å². The minimum absolute atomic E-state index is 0.0186. The molecule has 0 bridgehead atoms. The zero-order valence-corrected chi connectivity index (χ0v) is 36.3. The standard InChI is InChI=1S/C53H58N4/c1-15-33(24-25-55-14)39-31-48(56-44-20-16-35(50(2,3)4)27-40(44)41-28-36(51(5,6)7)17-21-45(41)56)34(32-54)26-49(39)57-46-22-18-37(52(8,9)10)29-42(46)43-30-38(53(11,12)13)19-23-47(43)57/h15-31H,14H2,1-13H3/b25-24-,33-15+. The van der Waals surface area contributed by atoms with Gasteiger partial charge in [0.2, 0.25) is 0 Å². The third-order valence-corrected chi connectivity index (χ3v) is 11.7. The molecule has 5 aromatic carbocycles. The normalized spacial score (nSPS) is 13.4. The lowest BCUT2D eigenvalue weighted by Crippen LogP contribution is -2.10. The molecule has 4 heteroatoms. The topological polar surface area (TPSA) is 46.0 Å². The molecule has 0 aliphatic rings. The molecule has 0 fully saturated rings. The maximum Gasteiger partial charge on any atom is 0.101 e. The number of benzene rings is 5. The summed E-state index contributed by atoms with van der Waals surface area (Å²) < 4.78 is 4.66. The number of aliphatic imine (C=N–C) groups is 1. The third kappa shape index (κ3) is 6.92. The first-order valence-corrected chi connectivity index (χ1v) is 20.2. The van der Waals surface area contributed by atoms with Crippen LogP contribution in [0.2, 0.25) is 0 Å². The number of nitrogens with zero attached hydrogens (tertiary/aromatic N) is 4. The summed E-state index contributed by atoms with van der Waals surface area (Å²) in [5.74, 6) is 0. The Morgan fingerprint density at radius 1 is 0.544 bits per heavy atom. The van der Waals surface area contributed by atoms with Gasteiger partial charge < -0.3 is 9.13 Å². The fraction of sp³-hybridized carbons (Fsp3) is 0.321. The van der Waals surface area contributed by atoms with Gasteiger partial charge >= 0.3 is 0 Å². The van der Waals surface area contributed by atoms with Gasteiger partial charge in [0, 0.05) is 33.3 Å². The molecular formula is C53H58N4. The summed E-state index contributed by atoms with van der Waals surface area (Å²) in [6, 6.07) is 34.5. The Balaban J connectivity index is 1.63. The number of aromatic nitrogens is 2. The molecule has 2 aromatic heterocycles. The molecule has 0 unspecified atom stereocenters. The molecule has 0 N–H and O–H groups in total. The van der Waals surface area contributed by atoms with Gasteiger partial charge in [-0.15, -0.1) is 0 Å². The molecule has 57 heavy (non-hydrogen) atoms. The molecular weight excluding hydrogens is 693 g/mol. The Kier molecular flexibility index (Phi) is 9.56. The van der Waals surface area contributed by atoms with Crippen LogP contribution >= 0.6 is 0 Å². The maximum atomic E-state index is 11.2. The number of rotatable bonds is 5. The zero-order chi connectivity index (χ0) is 41.4. The van der Waals surface area contributed by atoms with E-state index in [-0.39, 0.29) is 21.7 Å². The number of hydrogen-bond donors (Lipinski definition) is 0.